The van der Waals surface area contributed by atoms with Crippen LogP contribution in [0.2, 0.25) is 5.02 Å². The molecule has 4 nitrogen and oxygen atoms in total. The number of ether oxygens (including phenoxy) is 1. The minimum absolute atomic E-state index is 0.368. The molecular weight excluding hydrogens is 389 g/mol. The summed E-state index contributed by atoms with van der Waals surface area (Å²) in [7, 11) is 3.39. The van der Waals surface area contributed by atoms with Crippen LogP contribution in [0.4, 0.5) is 0 Å². The lowest BCUT2D eigenvalue weighted by molar-refractivity contribution is 0.474. The second-order valence-electron chi connectivity index (χ2n) is 3.77. The van der Waals surface area contributed by atoms with Gasteiger partial charge in [-0.3, -0.25) is 4.98 Å². The molecule has 0 bridgehead atoms. The molecule has 0 amide bonds. The Morgan fingerprint density at radius 1 is 1.25 bits per heavy atom. The number of nitrogens with zero attached hydrogens (tertiary/aromatic N) is 1. The fourth-order valence-electron chi connectivity index (χ4n) is 1.46. The number of aromatic nitrogens is 1. The second-order valence-corrected chi connectivity index (χ2v) is 6.37. The SMILES string of the molecule is Cc1cc(OS(=O)Cl)c(Br)cc1Oc1cncc(Cl)c1. The van der Waals surface area contributed by atoms with Crippen molar-refractivity contribution in [3.63, 3.8) is 0 Å². The zero-order valence-electron chi connectivity index (χ0n) is 10.1. The Hall–Kier alpha value is -0.820. The molecule has 1 unspecified atom stereocenters. The number of rotatable bonds is 4. The maximum atomic E-state index is 10.9. The molecule has 0 aliphatic carbocycles. The monoisotopic (exact) mass is 395 g/mol. The summed E-state index contributed by atoms with van der Waals surface area (Å²) in [5, 5.41) is 0.483. The molecule has 1 aromatic heterocycles. The van der Waals surface area contributed by atoms with Crippen LogP contribution in [0.15, 0.2) is 35.1 Å². The van der Waals surface area contributed by atoms with E-state index in [1.54, 1.807) is 24.4 Å². The molecule has 0 N–H and O–H groups in total. The molecule has 106 valence electrons. The highest BCUT2D eigenvalue weighted by Gasteiger charge is 2.11. The zero-order chi connectivity index (χ0) is 14.7. The van der Waals surface area contributed by atoms with E-state index in [9.17, 15) is 4.21 Å². The summed E-state index contributed by atoms with van der Waals surface area (Å²) in [6.45, 7) is 1.82. The zero-order valence-corrected chi connectivity index (χ0v) is 14.0. The van der Waals surface area contributed by atoms with E-state index in [0.29, 0.717) is 26.7 Å². The lowest BCUT2D eigenvalue weighted by Gasteiger charge is -2.11. The van der Waals surface area contributed by atoms with Gasteiger partial charge in [-0.25, -0.2) is 0 Å². The van der Waals surface area contributed by atoms with Crippen molar-refractivity contribution in [1.29, 1.82) is 0 Å². The summed E-state index contributed by atoms with van der Waals surface area (Å²) in [6.07, 6.45) is 3.07. The highest BCUT2D eigenvalue weighted by Crippen LogP contribution is 2.35. The Morgan fingerprint density at radius 3 is 2.65 bits per heavy atom. The second kappa shape index (κ2) is 6.76. The highest BCUT2D eigenvalue weighted by atomic mass is 79.9. The lowest BCUT2D eigenvalue weighted by atomic mass is 10.2. The van der Waals surface area contributed by atoms with Crippen LogP contribution >= 0.6 is 38.2 Å². The predicted octanol–water partition coefficient (Wildman–Crippen LogP) is 4.79. The van der Waals surface area contributed by atoms with Crippen molar-refractivity contribution >= 4 is 48.5 Å². The van der Waals surface area contributed by atoms with Gasteiger partial charge in [0, 0.05) is 22.9 Å². The van der Waals surface area contributed by atoms with E-state index in [2.05, 4.69) is 20.9 Å². The van der Waals surface area contributed by atoms with Crippen LogP contribution in [-0.2, 0) is 10.3 Å². The number of halogens is 3. The van der Waals surface area contributed by atoms with Gasteiger partial charge in [-0.05, 0) is 40.5 Å². The van der Waals surface area contributed by atoms with E-state index in [0.717, 1.165) is 5.56 Å². The maximum Gasteiger partial charge on any atom is 0.308 e. The van der Waals surface area contributed by atoms with E-state index in [-0.39, 0.29) is 0 Å². The molecule has 20 heavy (non-hydrogen) atoms. The molecule has 2 rings (SSSR count). The first-order valence-corrected chi connectivity index (χ1v) is 8.38. The standard InChI is InChI=1S/C12H8BrCl2NO3S/c1-7-2-12(19-20(15)17)10(13)4-11(7)18-9-3-8(14)5-16-6-9/h2-6H,1H3. The first-order chi connectivity index (χ1) is 9.45. The van der Waals surface area contributed by atoms with E-state index in [1.807, 2.05) is 6.92 Å². The normalized spacial score (nSPS) is 12.0. The Labute approximate surface area is 136 Å². The Kier molecular flexibility index (Phi) is 5.26. The van der Waals surface area contributed by atoms with Gasteiger partial charge >= 0.3 is 10.3 Å². The Balaban J connectivity index is 2.29. The topological polar surface area (TPSA) is 48.4 Å². The molecule has 1 aromatic carbocycles. The van der Waals surface area contributed by atoms with Gasteiger partial charge in [0.2, 0.25) is 0 Å². The molecule has 0 saturated heterocycles. The molecule has 0 aliphatic rings. The van der Waals surface area contributed by atoms with Gasteiger partial charge in [-0.15, -0.1) is 0 Å². The average Bonchev–Trinajstić information content (AvgIpc) is 2.35. The van der Waals surface area contributed by atoms with Gasteiger partial charge < -0.3 is 8.92 Å². The minimum Gasteiger partial charge on any atom is -0.455 e. The van der Waals surface area contributed by atoms with E-state index < -0.39 is 10.3 Å². The van der Waals surface area contributed by atoms with Crippen LogP contribution in [0.3, 0.4) is 0 Å². The molecule has 8 heteroatoms. The highest BCUT2D eigenvalue weighted by molar-refractivity contribution is 9.10. The largest absolute Gasteiger partial charge is 0.455 e. The van der Waals surface area contributed by atoms with Gasteiger partial charge in [0.1, 0.15) is 11.5 Å². The van der Waals surface area contributed by atoms with E-state index in [1.165, 1.54) is 6.20 Å². The van der Waals surface area contributed by atoms with Crippen LogP contribution in [0, 0.1) is 6.92 Å². The molecule has 0 spiro atoms. The molecule has 1 atom stereocenters. The molecule has 0 aliphatic heterocycles. The summed E-state index contributed by atoms with van der Waals surface area (Å²) in [5.74, 6) is 1.48. The number of hydrogen-bond donors (Lipinski definition) is 0. The first kappa shape index (κ1) is 15.6. The minimum atomic E-state index is -1.91. The van der Waals surface area contributed by atoms with Crippen molar-refractivity contribution in [2.45, 2.75) is 6.92 Å². The van der Waals surface area contributed by atoms with Gasteiger partial charge in [-0.2, -0.15) is 4.21 Å². The summed E-state index contributed by atoms with van der Waals surface area (Å²) in [4.78, 5) is 3.94. The van der Waals surface area contributed by atoms with Gasteiger partial charge in [0.05, 0.1) is 15.7 Å². The van der Waals surface area contributed by atoms with Crippen molar-refractivity contribution in [1.82, 2.24) is 4.98 Å². The summed E-state index contributed by atoms with van der Waals surface area (Å²) < 4.78 is 22.1. The molecule has 0 fully saturated rings. The third-order valence-electron chi connectivity index (χ3n) is 2.29. The predicted molar refractivity (Wildman–Crippen MR) is 82.8 cm³/mol. The number of pyridine rings is 1. The molecule has 0 saturated carbocycles. The van der Waals surface area contributed by atoms with Crippen LogP contribution in [0.5, 0.6) is 17.2 Å². The number of hydrogen-bond acceptors (Lipinski definition) is 4. The number of benzene rings is 1. The summed E-state index contributed by atoms with van der Waals surface area (Å²) in [6, 6.07) is 5.01. The summed E-state index contributed by atoms with van der Waals surface area (Å²) >= 11 is 9.14. The van der Waals surface area contributed by atoms with Crippen LogP contribution in [0.25, 0.3) is 0 Å². The summed E-state index contributed by atoms with van der Waals surface area (Å²) in [5.41, 5.74) is 0.783. The van der Waals surface area contributed by atoms with E-state index in [4.69, 9.17) is 31.2 Å². The first-order valence-electron chi connectivity index (χ1n) is 5.30. The fourth-order valence-corrected chi connectivity index (χ4v) is 2.61. The molecule has 1 heterocycles. The average molecular weight is 397 g/mol. The van der Waals surface area contributed by atoms with Crippen molar-refractivity contribution in [2.24, 2.45) is 0 Å². The van der Waals surface area contributed by atoms with Gasteiger partial charge in [0.15, 0.2) is 5.75 Å². The Bertz CT molecular complexity index is 669. The fraction of sp³-hybridized carbons (Fsp3) is 0.0833. The molecular formula is C12H8BrCl2NO3S. The van der Waals surface area contributed by atoms with Gasteiger partial charge in [0.25, 0.3) is 0 Å². The number of aryl methyl sites for hydroxylation is 1. The third kappa shape index (κ3) is 4.09. The maximum absolute atomic E-state index is 10.9. The van der Waals surface area contributed by atoms with Crippen molar-refractivity contribution in [3.05, 3.63) is 45.7 Å². The Morgan fingerprint density at radius 2 is 2.00 bits per heavy atom. The van der Waals surface area contributed by atoms with Crippen molar-refractivity contribution in [3.8, 4) is 17.2 Å². The quantitative estimate of drug-likeness (QED) is 0.696. The van der Waals surface area contributed by atoms with Gasteiger partial charge in [-0.1, -0.05) is 11.6 Å². The van der Waals surface area contributed by atoms with Crippen molar-refractivity contribution in [2.75, 3.05) is 0 Å². The van der Waals surface area contributed by atoms with E-state index >= 15 is 0 Å². The van der Waals surface area contributed by atoms with Crippen LogP contribution in [-0.4, -0.2) is 9.19 Å². The van der Waals surface area contributed by atoms with Crippen LogP contribution < -0.4 is 8.92 Å². The lowest BCUT2D eigenvalue weighted by Crippen LogP contribution is -1.95. The smallest absolute Gasteiger partial charge is 0.308 e. The molecule has 2 aromatic rings. The molecule has 0 radical (unpaired) electrons. The van der Waals surface area contributed by atoms with Crippen molar-refractivity contribution < 1.29 is 13.1 Å². The third-order valence-corrected chi connectivity index (χ3v) is 3.62. The van der Waals surface area contributed by atoms with Crippen LogP contribution in [0.1, 0.15) is 5.56 Å².